The van der Waals surface area contributed by atoms with Gasteiger partial charge in [-0.15, -0.1) is 0 Å². The zero-order chi connectivity index (χ0) is 17.2. The summed E-state index contributed by atoms with van der Waals surface area (Å²) in [6, 6.07) is 14.2. The second-order valence-corrected chi connectivity index (χ2v) is 7.68. The third-order valence-corrected chi connectivity index (χ3v) is 5.87. The molecule has 2 fully saturated rings. The smallest absolute Gasteiger partial charge is 0.147 e. The van der Waals surface area contributed by atoms with Crippen LogP contribution in [0.25, 0.3) is 0 Å². The molecule has 0 spiro atoms. The Hall–Kier alpha value is -1.74. The van der Waals surface area contributed by atoms with Gasteiger partial charge in [-0.1, -0.05) is 37.1 Å². The van der Waals surface area contributed by atoms with Gasteiger partial charge in [0.05, 0.1) is 5.02 Å². The lowest BCUT2D eigenvalue weighted by Gasteiger charge is -2.43. The summed E-state index contributed by atoms with van der Waals surface area (Å²) in [7, 11) is 0. The number of pyridine rings is 1. The summed E-state index contributed by atoms with van der Waals surface area (Å²) in [6.45, 7) is 4.26. The Labute approximate surface area is 155 Å². The van der Waals surface area contributed by atoms with E-state index in [-0.39, 0.29) is 0 Å². The van der Waals surface area contributed by atoms with Crippen LogP contribution in [0.1, 0.15) is 38.2 Å². The summed E-state index contributed by atoms with van der Waals surface area (Å²) >= 11 is 6.37. The number of aryl methyl sites for hydroxylation is 1. The molecular weight excluding hydrogens is 330 g/mol. The fourth-order valence-corrected chi connectivity index (χ4v) is 4.56. The van der Waals surface area contributed by atoms with Crippen molar-refractivity contribution in [3.63, 3.8) is 0 Å². The summed E-state index contributed by atoms with van der Waals surface area (Å²) in [5.41, 5.74) is 2.83. The van der Waals surface area contributed by atoms with Crippen molar-refractivity contribution in [1.29, 1.82) is 0 Å². The van der Waals surface area contributed by atoms with Gasteiger partial charge in [-0.25, -0.2) is 4.98 Å². The molecule has 2 atom stereocenters. The molecule has 1 aromatic heterocycles. The maximum absolute atomic E-state index is 6.37. The van der Waals surface area contributed by atoms with Gasteiger partial charge in [0.25, 0.3) is 0 Å². The molecule has 4 rings (SSSR count). The highest BCUT2D eigenvalue weighted by atomic mass is 35.5. The monoisotopic (exact) mass is 355 g/mol. The summed E-state index contributed by atoms with van der Waals surface area (Å²) < 4.78 is 0. The molecule has 4 heteroatoms. The molecule has 2 aliphatic rings. The van der Waals surface area contributed by atoms with E-state index < -0.39 is 0 Å². The van der Waals surface area contributed by atoms with E-state index in [9.17, 15) is 0 Å². The highest BCUT2D eigenvalue weighted by Crippen LogP contribution is 2.37. The van der Waals surface area contributed by atoms with Crippen LogP contribution in [0.3, 0.4) is 0 Å². The Kier molecular flexibility index (Phi) is 4.85. The quantitative estimate of drug-likeness (QED) is 0.757. The first kappa shape index (κ1) is 16.7. The summed E-state index contributed by atoms with van der Waals surface area (Å²) in [6.07, 6.45) is 8.06. The topological polar surface area (TPSA) is 19.4 Å². The van der Waals surface area contributed by atoms with E-state index in [0.29, 0.717) is 12.1 Å². The molecule has 0 aliphatic carbocycles. The third-order valence-electron chi connectivity index (χ3n) is 5.57. The van der Waals surface area contributed by atoms with Crippen LogP contribution in [0, 0.1) is 0 Å². The van der Waals surface area contributed by atoms with Crippen molar-refractivity contribution >= 4 is 23.1 Å². The van der Waals surface area contributed by atoms with Crippen molar-refractivity contribution in [2.24, 2.45) is 0 Å². The van der Waals surface area contributed by atoms with Crippen molar-refractivity contribution in [3.8, 4) is 0 Å². The van der Waals surface area contributed by atoms with Gasteiger partial charge < -0.3 is 9.80 Å². The molecule has 0 saturated carbocycles. The van der Waals surface area contributed by atoms with Gasteiger partial charge >= 0.3 is 0 Å². The van der Waals surface area contributed by atoms with Gasteiger partial charge in [0.1, 0.15) is 5.82 Å². The fourth-order valence-electron chi connectivity index (χ4n) is 4.32. The maximum Gasteiger partial charge on any atom is 0.147 e. The molecule has 2 unspecified atom stereocenters. The molecular formula is C21H26ClN3. The van der Waals surface area contributed by atoms with Crippen LogP contribution in [0.5, 0.6) is 0 Å². The highest BCUT2D eigenvalue weighted by Gasteiger charge is 2.40. The fraction of sp³-hybridized carbons (Fsp3) is 0.476. The number of aromatic nitrogens is 1. The first-order valence-corrected chi connectivity index (χ1v) is 9.87. The zero-order valence-corrected chi connectivity index (χ0v) is 15.6. The second kappa shape index (κ2) is 7.25. The van der Waals surface area contributed by atoms with E-state index in [1.807, 2.05) is 18.3 Å². The number of halogens is 1. The summed E-state index contributed by atoms with van der Waals surface area (Å²) in [5, 5.41) is 0.760. The molecule has 2 saturated heterocycles. The van der Waals surface area contributed by atoms with E-state index in [0.717, 1.165) is 23.9 Å². The van der Waals surface area contributed by atoms with Gasteiger partial charge in [-0.05, 0) is 55.5 Å². The SMILES string of the molecule is CCCCc1ccc(N2C3CCC2CN(c2ncccc2Cl)C3)cc1. The van der Waals surface area contributed by atoms with Gasteiger partial charge in [0.2, 0.25) is 0 Å². The van der Waals surface area contributed by atoms with E-state index in [2.05, 4.69) is 46.0 Å². The summed E-state index contributed by atoms with van der Waals surface area (Å²) in [4.78, 5) is 9.52. The lowest BCUT2D eigenvalue weighted by molar-refractivity contribution is 0.531. The van der Waals surface area contributed by atoms with E-state index in [1.54, 1.807) is 0 Å². The second-order valence-electron chi connectivity index (χ2n) is 7.28. The molecule has 2 bridgehead atoms. The molecule has 0 radical (unpaired) electrons. The van der Waals surface area contributed by atoms with Gasteiger partial charge in [0.15, 0.2) is 0 Å². The molecule has 25 heavy (non-hydrogen) atoms. The average Bonchev–Trinajstić information content (AvgIpc) is 2.90. The number of fused-ring (bicyclic) bond motifs is 2. The first-order chi connectivity index (χ1) is 12.3. The maximum atomic E-state index is 6.37. The van der Waals surface area contributed by atoms with Crippen LogP contribution >= 0.6 is 11.6 Å². The number of hydrogen-bond donors (Lipinski definition) is 0. The van der Waals surface area contributed by atoms with Crippen molar-refractivity contribution in [3.05, 3.63) is 53.2 Å². The Morgan fingerprint density at radius 1 is 1.08 bits per heavy atom. The number of benzene rings is 1. The molecule has 132 valence electrons. The van der Waals surface area contributed by atoms with E-state index in [4.69, 9.17) is 11.6 Å². The highest BCUT2D eigenvalue weighted by molar-refractivity contribution is 6.32. The van der Waals surface area contributed by atoms with Crippen LogP contribution in [0.2, 0.25) is 5.02 Å². The lowest BCUT2D eigenvalue weighted by atomic mass is 10.1. The Morgan fingerprint density at radius 2 is 1.80 bits per heavy atom. The van der Waals surface area contributed by atoms with Gasteiger partial charge in [-0.3, -0.25) is 0 Å². The number of nitrogens with zero attached hydrogens (tertiary/aromatic N) is 3. The van der Waals surface area contributed by atoms with Gasteiger partial charge in [-0.2, -0.15) is 0 Å². The third kappa shape index (κ3) is 3.35. The standard InChI is InChI=1S/C21H26ClN3/c1-2-3-5-16-7-9-17(10-8-16)25-18-11-12-19(25)15-24(14-18)21-20(22)6-4-13-23-21/h4,6-10,13,18-19H,2-3,5,11-12,14-15H2,1H3. The van der Waals surface area contributed by atoms with E-state index in [1.165, 1.54) is 43.4 Å². The molecule has 2 aromatic rings. The Balaban J connectivity index is 1.50. The number of unbranched alkanes of at least 4 members (excludes halogenated alkanes) is 1. The van der Waals surface area contributed by atoms with Gasteiger partial charge in [0, 0.05) is 37.1 Å². The number of anilines is 2. The zero-order valence-electron chi connectivity index (χ0n) is 14.9. The molecule has 3 heterocycles. The minimum Gasteiger partial charge on any atom is -0.362 e. The van der Waals surface area contributed by atoms with E-state index >= 15 is 0 Å². The number of hydrogen-bond acceptors (Lipinski definition) is 3. The molecule has 0 N–H and O–H groups in total. The normalized spacial score (nSPS) is 22.5. The molecule has 2 aliphatic heterocycles. The van der Waals surface area contributed by atoms with Crippen molar-refractivity contribution < 1.29 is 0 Å². The summed E-state index contributed by atoms with van der Waals surface area (Å²) in [5.74, 6) is 0.940. The van der Waals surface area contributed by atoms with Crippen molar-refractivity contribution in [2.45, 2.75) is 51.1 Å². The van der Waals surface area contributed by atoms with Crippen molar-refractivity contribution in [2.75, 3.05) is 22.9 Å². The first-order valence-electron chi connectivity index (χ1n) is 9.49. The van der Waals surface area contributed by atoms with Crippen LogP contribution in [0.4, 0.5) is 11.5 Å². The van der Waals surface area contributed by atoms with Crippen LogP contribution in [0.15, 0.2) is 42.6 Å². The van der Waals surface area contributed by atoms with Crippen LogP contribution in [-0.2, 0) is 6.42 Å². The Morgan fingerprint density at radius 3 is 2.44 bits per heavy atom. The lowest BCUT2D eigenvalue weighted by Crippen LogP contribution is -2.54. The van der Waals surface area contributed by atoms with Crippen LogP contribution in [-0.4, -0.2) is 30.2 Å². The Bertz CT molecular complexity index is 701. The predicted molar refractivity (Wildman–Crippen MR) is 106 cm³/mol. The number of rotatable bonds is 5. The molecule has 0 amide bonds. The average molecular weight is 356 g/mol. The molecule has 1 aromatic carbocycles. The number of piperazine rings is 1. The minimum absolute atomic E-state index is 0.554. The minimum atomic E-state index is 0.554. The van der Waals surface area contributed by atoms with Crippen molar-refractivity contribution in [1.82, 2.24) is 4.98 Å². The predicted octanol–water partition coefficient (Wildman–Crippen LogP) is 4.94. The van der Waals surface area contributed by atoms with Crippen LogP contribution < -0.4 is 9.80 Å². The largest absolute Gasteiger partial charge is 0.362 e. The molecule has 3 nitrogen and oxygen atoms in total.